The van der Waals surface area contributed by atoms with Crippen molar-refractivity contribution in [1.29, 1.82) is 0 Å². The Hall–Kier alpha value is -3.35. The number of rotatable bonds is 5. The Morgan fingerprint density at radius 3 is 2.73 bits per heavy atom. The molecule has 0 fully saturated rings. The first-order chi connectivity index (χ1) is 14.3. The molecule has 1 atom stereocenters. The third-order valence-corrected chi connectivity index (χ3v) is 5.52. The zero-order valence-electron chi connectivity index (χ0n) is 18.3. The Labute approximate surface area is 175 Å². The normalized spacial score (nSPS) is 12.5. The van der Waals surface area contributed by atoms with Crippen LogP contribution in [0.5, 0.6) is 5.75 Å². The van der Waals surface area contributed by atoms with Gasteiger partial charge in [-0.2, -0.15) is 5.10 Å². The van der Waals surface area contributed by atoms with E-state index < -0.39 is 0 Å². The molecule has 0 aliphatic carbocycles. The van der Waals surface area contributed by atoms with Crippen LogP contribution in [0.15, 0.2) is 30.5 Å². The fraction of sp³-hybridized carbons (Fsp3) is 0.348. The van der Waals surface area contributed by atoms with Crippen LogP contribution in [0.4, 0.5) is 0 Å². The molecule has 0 spiro atoms. The fourth-order valence-corrected chi connectivity index (χ4v) is 4.17. The summed E-state index contributed by atoms with van der Waals surface area (Å²) >= 11 is 0. The predicted octanol–water partition coefficient (Wildman–Crippen LogP) is 3.45. The van der Waals surface area contributed by atoms with Gasteiger partial charge in [0, 0.05) is 42.9 Å². The van der Waals surface area contributed by atoms with Crippen molar-refractivity contribution in [3.63, 3.8) is 0 Å². The molecule has 4 rings (SSSR count). The molecule has 0 aliphatic heterocycles. The highest BCUT2D eigenvalue weighted by molar-refractivity contribution is 6.06. The summed E-state index contributed by atoms with van der Waals surface area (Å²) < 4.78 is 9.21. The second-order valence-corrected chi connectivity index (χ2v) is 7.95. The number of amides is 1. The molecule has 3 heterocycles. The first-order valence-corrected chi connectivity index (χ1v) is 10.0. The molecular weight excluding hydrogens is 378 g/mol. The number of nitrogens with one attached hydrogen (secondary N) is 1. The number of benzene rings is 1. The minimum Gasteiger partial charge on any atom is -0.497 e. The summed E-state index contributed by atoms with van der Waals surface area (Å²) in [6, 6.07) is 7.86. The topological polar surface area (TPSA) is 74.0 Å². The minimum atomic E-state index is -0.105. The summed E-state index contributed by atoms with van der Waals surface area (Å²) in [6.07, 6.45) is 2.84. The van der Waals surface area contributed by atoms with Gasteiger partial charge in [0.2, 0.25) is 0 Å². The van der Waals surface area contributed by atoms with Crippen LogP contribution in [0, 0.1) is 13.8 Å². The number of carbonyl (C=O) groups is 1. The summed E-state index contributed by atoms with van der Waals surface area (Å²) in [5.41, 5.74) is 5.26. The van der Waals surface area contributed by atoms with E-state index >= 15 is 0 Å². The van der Waals surface area contributed by atoms with Gasteiger partial charge in [-0.25, -0.2) is 4.98 Å². The van der Waals surface area contributed by atoms with E-state index in [1.54, 1.807) is 11.8 Å². The van der Waals surface area contributed by atoms with Crippen LogP contribution in [0.1, 0.15) is 34.2 Å². The standard InChI is InChI=1S/C23H27N5O2/c1-13(9-16-12-27(4)20-8-7-17(30-6)11-18(16)20)25-23(29)19-10-14(2)24-22-21(19)15(3)26-28(22)5/h7-8,10-13H,9H2,1-6H3,(H,25,29)/t13-/m1/s1. The Kier molecular flexibility index (Phi) is 4.97. The van der Waals surface area contributed by atoms with Crippen LogP contribution in [0.3, 0.4) is 0 Å². The number of carbonyl (C=O) groups excluding carboxylic acids is 1. The Bertz CT molecular complexity index is 1270. The highest BCUT2D eigenvalue weighted by Gasteiger charge is 2.20. The molecule has 0 saturated carbocycles. The summed E-state index contributed by atoms with van der Waals surface area (Å²) in [7, 11) is 5.55. The number of hydrogen-bond acceptors (Lipinski definition) is 4. The fourth-order valence-electron chi connectivity index (χ4n) is 4.17. The van der Waals surface area contributed by atoms with Gasteiger partial charge in [0.25, 0.3) is 5.91 Å². The number of methoxy groups -OCH3 is 1. The SMILES string of the molecule is COc1ccc2c(c1)c(C[C@@H](C)NC(=O)c1cc(C)nc3c1c(C)nn3C)cn2C. The average Bonchev–Trinajstić information content (AvgIpc) is 3.16. The third kappa shape index (κ3) is 3.40. The first kappa shape index (κ1) is 19.9. The Morgan fingerprint density at radius 1 is 1.23 bits per heavy atom. The van der Waals surface area contributed by atoms with Crippen molar-refractivity contribution in [2.45, 2.75) is 33.2 Å². The molecule has 30 heavy (non-hydrogen) atoms. The van der Waals surface area contributed by atoms with Crippen LogP contribution in [-0.4, -0.2) is 38.4 Å². The Balaban J connectivity index is 1.61. The van der Waals surface area contributed by atoms with Crippen molar-refractivity contribution < 1.29 is 9.53 Å². The number of nitrogens with zero attached hydrogens (tertiary/aromatic N) is 4. The van der Waals surface area contributed by atoms with Gasteiger partial charge >= 0.3 is 0 Å². The number of aromatic nitrogens is 4. The number of fused-ring (bicyclic) bond motifs is 2. The quantitative estimate of drug-likeness (QED) is 0.552. The van der Waals surface area contributed by atoms with E-state index in [0.717, 1.165) is 45.5 Å². The molecule has 7 nitrogen and oxygen atoms in total. The van der Waals surface area contributed by atoms with Crippen molar-refractivity contribution in [2.75, 3.05) is 7.11 Å². The van der Waals surface area contributed by atoms with E-state index in [-0.39, 0.29) is 11.9 Å². The van der Waals surface area contributed by atoms with Crippen LogP contribution < -0.4 is 10.1 Å². The maximum Gasteiger partial charge on any atom is 0.252 e. The molecular formula is C23H27N5O2. The van der Waals surface area contributed by atoms with Crippen molar-refractivity contribution in [3.05, 3.63) is 53.0 Å². The van der Waals surface area contributed by atoms with E-state index in [2.05, 4.69) is 32.2 Å². The molecule has 1 amide bonds. The maximum absolute atomic E-state index is 13.1. The third-order valence-electron chi connectivity index (χ3n) is 5.52. The average molecular weight is 406 g/mol. The second-order valence-electron chi connectivity index (χ2n) is 7.95. The lowest BCUT2D eigenvalue weighted by Crippen LogP contribution is -2.34. The molecule has 1 aromatic carbocycles. The highest BCUT2D eigenvalue weighted by Crippen LogP contribution is 2.27. The highest BCUT2D eigenvalue weighted by atomic mass is 16.5. The molecule has 4 aromatic rings. The van der Waals surface area contributed by atoms with Crippen molar-refractivity contribution >= 4 is 27.8 Å². The van der Waals surface area contributed by atoms with Crippen LogP contribution in [0.25, 0.3) is 21.9 Å². The molecule has 0 aliphatic rings. The number of pyridine rings is 1. The van der Waals surface area contributed by atoms with Gasteiger partial charge in [-0.05, 0) is 57.0 Å². The van der Waals surface area contributed by atoms with Crippen molar-refractivity contribution in [3.8, 4) is 5.75 Å². The monoisotopic (exact) mass is 405 g/mol. The van der Waals surface area contributed by atoms with E-state index in [9.17, 15) is 4.79 Å². The largest absolute Gasteiger partial charge is 0.497 e. The van der Waals surface area contributed by atoms with Gasteiger partial charge in [0.1, 0.15) is 5.75 Å². The van der Waals surface area contributed by atoms with E-state index in [0.29, 0.717) is 5.56 Å². The van der Waals surface area contributed by atoms with E-state index in [1.165, 1.54) is 5.56 Å². The predicted molar refractivity (Wildman–Crippen MR) is 118 cm³/mol. The molecule has 156 valence electrons. The van der Waals surface area contributed by atoms with E-state index in [4.69, 9.17) is 4.74 Å². The van der Waals surface area contributed by atoms with Crippen molar-refractivity contribution in [1.82, 2.24) is 24.6 Å². The molecule has 0 radical (unpaired) electrons. The molecule has 0 unspecified atom stereocenters. The Morgan fingerprint density at radius 2 is 2.00 bits per heavy atom. The summed E-state index contributed by atoms with van der Waals surface area (Å²) in [4.78, 5) is 17.7. The smallest absolute Gasteiger partial charge is 0.252 e. The summed E-state index contributed by atoms with van der Waals surface area (Å²) in [5, 5.41) is 9.54. The zero-order chi connectivity index (χ0) is 21.6. The van der Waals surface area contributed by atoms with Crippen LogP contribution in [0.2, 0.25) is 0 Å². The minimum absolute atomic E-state index is 0.0465. The van der Waals surface area contributed by atoms with Gasteiger partial charge in [-0.15, -0.1) is 0 Å². The van der Waals surface area contributed by atoms with Crippen LogP contribution >= 0.6 is 0 Å². The molecule has 0 saturated heterocycles. The zero-order valence-corrected chi connectivity index (χ0v) is 18.3. The van der Waals surface area contributed by atoms with Gasteiger partial charge in [-0.1, -0.05) is 0 Å². The second kappa shape index (κ2) is 7.48. The maximum atomic E-state index is 13.1. The lowest BCUT2D eigenvalue weighted by atomic mass is 10.0. The van der Waals surface area contributed by atoms with Crippen molar-refractivity contribution in [2.24, 2.45) is 14.1 Å². The number of hydrogen-bond donors (Lipinski definition) is 1. The lowest BCUT2D eigenvalue weighted by molar-refractivity contribution is 0.0941. The van der Waals surface area contributed by atoms with Gasteiger partial charge < -0.3 is 14.6 Å². The summed E-state index contributed by atoms with van der Waals surface area (Å²) in [5.74, 6) is 0.722. The van der Waals surface area contributed by atoms with Gasteiger partial charge in [0.15, 0.2) is 5.65 Å². The van der Waals surface area contributed by atoms with Crippen LogP contribution in [-0.2, 0) is 20.5 Å². The number of aryl methyl sites for hydroxylation is 4. The number of ether oxygens (including phenoxy) is 1. The molecule has 3 aromatic heterocycles. The first-order valence-electron chi connectivity index (χ1n) is 10.0. The molecule has 0 bridgehead atoms. The molecule has 7 heteroatoms. The van der Waals surface area contributed by atoms with Gasteiger partial charge in [-0.3, -0.25) is 9.48 Å². The van der Waals surface area contributed by atoms with Gasteiger partial charge in [0.05, 0.1) is 23.8 Å². The summed E-state index contributed by atoms with van der Waals surface area (Å²) in [6.45, 7) is 5.83. The lowest BCUT2D eigenvalue weighted by Gasteiger charge is -2.15. The molecule has 1 N–H and O–H groups in total. The van der Waals surface area contributed by atoms with E-state index in [1.807, 2.05) is 53.1 Å².